The Balaban J connectivity index is 1.20. The van der Waals surface area contributed by atoms with Crippen LogP contribution in [0.5, 0.6) is 5.75 Å². The lowest BCUT2D eigenvalue weighted by atomic mass is 9.97. The van der Waals surface area contributed by atoms with Crippen LogP contribution in [0, 0.1) is 0 Å². The first-order valence-electron chi connectivity index (χ1n) is 11.4. The highest BCUT2D eigenvalue weighted by molar-refractivity contribution is 8.18. The molecule has 176 valence electrons. The number of aromatic nitrogens is 2. The van der Waals surface area contributed by atoms with Crippen LogP contribution in [0.1, 0.15) is 41.7 Å². The second-order valence-corrected chi connectivity index (χ2v) is 10.5. The van der Waals surface area contributed by atoms with Crippen LogP contribution in [0.25, 0.3) is 16.3 Å². The Kier molecular flexibility index (Phi) is 6.56. The molecule has 0 spiro atoms. The van der Waals surface area contributed by atoms with Crippen molar-refractivity contribution < 1.29 is 14.3 Å². The summed E-state index contributed by atoms with van der Waals surface area (Å²) in [5.41, 5.74) is 2.06. The van der Waals surface area contributed by atoms with Gasteiger partial charge in [-0.1, -0.05) is 12.1 Å². The number of aryl methyl sites for hydroxylation is 3. The molecule has 9 heteroatoms. The molecule has 1 saturated heterocycles. The summed E-state index contributed by atoms with van der Waals surface area (Å²) in [5.74, 6) is 0.466. The first-order chi connectivity index (χ1) is 16.5. The third-order valence-corrected chi connectivity index (χ3v) is 8.37. The van der Waals surface area contributed by atoms with Gasteiger partial charge in [-0.25, -0.2) is 4.98 Å². The smallest absolute Gasteiger partial charge is 0.293 e. The lowest BCUT2D eigenvalue weighted by Gasteiger charge is -2.13. The van der Waals surface area contributed by atoms with Crippen molar-refractivity contribution in [3.63, 3.8) is 0 Å². The van der Waals surface area contributed by atoms with E-state index in [-0.39, 0.29) is 16.7 Å². The fourth-order valence-corrected chi connectivity index (χ4v) is 6.52. The minimum Gasteiger partial charge on any atom is -0.497 e. The van der Waals surface area contributed by atoms with E-state index in [9.17, 15) is 14.4 Å². The molecule has 5 rings (SSSR count). The van der Waals surface area contributed by atoms with E-state index in [1.54, 1.807) is 35.4 Å². The summed E-state index contributed by atoms with van der Waals surface area (Å²) in [6.45, 7) is 0.854. The van der Waals surface area contributed by atoms with Crippen molar-refractivity contribution in [1.29, 1.82) is 0 Å². The van der Waals surface area contributed by atoms with Gasteiger partial charge in [0.25, 0.3) is 16.7 Å². The second-order valence-electron chi connectivity index (χ2n) is 8.45. The molecule has 2 amide bonds. The minimum atomic E-state index is -0.268. The van der Waals surface area contributed by atoms with Crippen molar-refractivity contribution in [1.82, 2.24) is 14.5 Å². The molecule has 0 saturated carbocycles. The van der Waals surface area contributed by atoms with Crippen molar-refractivity contribution in [2.24, 2.45) is 0 Å². The lowest BCUT2D eigenvalue weighted by molar-refractivity contribution is -0.122. The summed E-state index contributed by atoms with van der Waals surface area (Å²) in [6.07, 6.45) is 8.96. The quantitative estimate of drug-likeness (QED) is 0.344. The third-order valence-electron chi connectivity index (χ3n) is 6.26. The van der Waals surface area contributed by atoms with Crippen LogP contribution in [-0.2, 0) is 24.2 Å². The Morgan fingerprint density at radius 2 is 1.82 bits per heavy atom. The Labute approximate surface area is 205 Å². The maximum atomic E-state index is 13.1. The van der Waals surface area contributed by atoms with Crippen LogP contribution in [0.15, 0.2) is 40.3 Å². The number of unbranched alkanes of at least 4 members (excludes halogenated alkanes) is 1. The highest BCUT2D eigenvalue weighted by Gasteiger charge is 2.34. The predicted octanol–water partition coefficient (Wildman–Crippen LogP) is 4.86. The molecule has 34 heavy (non-hydrogen) atoms. The number of carbonyl (C=O) groups is 2. The molecule has 0 bridgehead atoms. The summed E-state index contributed by atoms with van der Waals surface area (Å²) in [5, 5.41) is 0.534. The number of thioether (sulfide) groups is 1. The molecule has 0 radical (unpaired) electrons. The number of fused-ring (bicyclic) bond motifs is 3. The molecule has 1 fully saturated rings. The topological polar surface area (TPSA) is 81.5 Å². The molecule has 1 aliphatic heterocycles. The molecule has 0 N–H and O–H groups in total. The van der Waals surface area contributed by atoms with Crippen molar-refractivity contribution in [2.75, 3.05) is 13.7 Å². The average molecular weight is 496 g/mol. The van der Waals surface area contributed by atoms with Gasteiger partial charge in [0.05, 0.1) is 23.7 Å². The van der Waals surface area contributed by atoms with Crippen LogP contribution in [0.4, 0.5) is 4.79 Å². The van der Waals surface area contributed by atoms with Gasteiger partial charge >= 0.3 is 0 Å². The second kappa shape index (κ2) is 9.76. The number of carbonyl (C=O) groups excluding carboxylic acids is 2. The Morgan fingerprint density at radius 1 is 1.06 bits per heavy atom. The fourth-order valence-electron chi connectivity index (χ4n) is 4.44. The SMILES string of the molecule is COc1ccc(/C=C2/SC(=O)N(CCCCn3cnc4sc5c(c4c3=O)CCCC5)C2=O)cc1. The van der Waals surface area contributed by atoms with Gasteiger partial charge in [0, 0.05) is 18.0 Å². The number of methoxy groups -OCH3 is 1. The summed E-state index contributed by atoms with van der Waals surface area (Å²) >= 11 is 2.61. The van der Waals surface area contributed by atoms with Crippen molar-refractivity contribution >= 4 is 50.5 Å². The average Bonchev–Trinajstić information content (AvgIpc) is 3.36. The van der Waals surface area contributed by atoms with E-state index >= 15 is 0 Å². The van der Waals surface area contributed by atoms with Gasteiger partial charge in [-0.05, 0) is 79.6 Å². The molecular formula is C25H25N3O4S2. The molecule has 1 aliphatic carbocycles. The molecule has 3 heterocycles. The normalized spacial score (nSPS) is 17.1. The highest BCUT2D eigenvalue weighted by Crippen LogP contribution is 2.34. The van der Waals surface area contributed by atoms with Gasteiger partial charge in [-0.2, -0.15) is 0 Å². The molecule has 0 atom stereocenters. The number of ether oxygens (including phenoxy) is 1. The summed E-state index contributed by atoms with van der Waals surface area (Å²) in [7, 11) is 1.60. The van der Waals surface area contributed by atoms with E-state index in [0.717, 1.165) is 52.6 Å². The molecule has 0 unspecified atom stereocenters. The van der Waals surface area contributed by atoms with Crippen molar-refractivity contribution in [3.05, 3.63) is 61.9 Å². The lowest BCUT2D eigenvalue weighted by Crippen LogP contribution is -2.29. The standard InChI is InChI=1S/C25H25N3O4S2/c1-32-17-10-8-16(9-11-17)14-20-23(29)28(25(31)34-20)13-5-4-12-27-15-26-22-21(24(27)30)18-6-2-3-7-19(18)33-22/h8-11,14-15H,2-7,12-13H2,1H3/b20-14+. The Hall–Kier alpha value is -2.91. The van der Waals surface area contributed by atoms with Crippen LogP contribution < -0.4 is 10.3 Å². The number of nitrogens with zero attached hydrogens (tertiary/aromatic N) is 3. The van der Waals surface area contributed by atoms with Crippen molar-refractivity contribution in [3.8, 4) is 5.75 Å². The third kappa shape index (κ3) is 4.42. The molecule has 1 aromatic carbocycles. The highest BCUT2D eigenvalue weighted by atomic mass is 32.2. The van der Waals surface area contributed by atoms with E-state index in [0.29, 0.717) is 30.8 Å². The number of imide groups is 1. The first kappa shape index (κ1) is 22.9. The summed E-state index contributed by atoms with van der Waals surface area (Å²) < 4.78 is 6.82. The number of amides is 2. The first-order valence-corrected chi connectivity index (χ1v) is 13.1. The molecular weight excluding hydrogens is 470 g/mol. The number of hydrogen-bond acceptors (Lipinski definition) is 7. The van der Waals surface area contributed by atoms with Gasteiger partial charge in [0.1, 0.15) is 10.6 Å². The number of thiophene rings is 1. The van der Waals surface area contributed by atoms with E-state index in [2.05, 4.69) is 4.98 Å². The molecule has 3 aromatic rings. The number of rotatable bonds is 7. The minimum absolute atomic E-state index is 0.0259. The molecule has 2 aromatic heterocycles. The largest absolute Gasteiger partial charge is 0.497 e. The zero-order chi connectivity index (χ0) is 23.7. The number of hydrogen-bond donors (Lipinski definition) is 0. The van der Waals surface area contributed by atoms with Gasteiger partial charge in [-0.3, -0.25) is 23.9 Å². The van der Waals surface area contributed by atoms with Gasteiger partial charge in [-0.15, -0.1) is 11.3 Å². The Bertz CT molecular complexity index is 1340. The molecule has 7 nitrogen and oxygen atoms in total. The summed E-state index contributed by atoms with van der Waals surface area (Å²) in [4.78, 5) is 46.6. The maximum Gasteiger partial charge on any atom is 0.293 e. The number of benzene rings is 1. The Morgan fingerprint density at radius 3 is 2.62 bits per heavy atom. The van der Waals surface area contributed by atoms with Gasteiger partial charge in [0.15, 0.2) is 0 Å². The van der Waals surface area contributed by atoms with E-state index < -0.39 is 0 Å². The van der Waals surface area contributed by atoms with E-state index in [1.807, 2.05) is 24.3 Å². The van der Waals surface area contributed by atoms with Crippen LogP contribution in [0.2, 0.25) is 0 Å². The van der Waals surface area contributed by atoms with Crippen LogP contribution in [0.3, 0.4) is 0 Å². The fraction of sp³-hybridized carbons (Fsp3) is 0.360. The van der Waals surface area contributed by atoms with E-state index in [4.69, 9.17) is 4.74 Å². The van der Waals surface area contributed by atoms with Crippen molar-refractivity contribution in [2.45, 2.75) is 45.1 Å². The van der Waals surface area contributed by atoms with Gasteiger partial charge in [0.2, 0.25) is 0 Å². The maximum absolute atomic E-state index is 13.1. The van der Waals surface area contributed by atoms with Gasteiger partial charge < -0.3 is 4.74 Å². The van der Waals surface area contributed by atoms with Crippen LogP contribution >= 0.6 is 23.1 Å². The zero-order valence-corrected chi connectivity index (χ0v) is 20.5. The molecule has 2 aliphatic rings. The monoisotopic (exact) mass is 495 g/mol. The van der Waals surface area contributed by atoms with E-state index in [1.165, 1.54) is 21.8 Å². The predicted molar refractivity (Wildman–Crippen MR) is 135 cm³/mol. The van der Waals surface area contributed by atoms with Crippen LogP contribution in [-0.4, -0.2) is 39.3 Å². The summed E-state index contributed by atoms with van der Waals surface area (Å²) in [6, 6.07) is 7.33. The zero-order valence-electron chi connectivity index (χ0n) is 18.9.